The number of ether oxygens (including phenoxy) is 2. The lowest BCUT2D eigenvalue weighted by atomic mass is 9.92. The summed E-state index contributed by atoms with van der Waals surface area (Å²) in [7, 11) is 6.37. The molecule has 0 bridgehead atoms. The van der Waals surface area contributed by atoms with Crippen LogP contribution >= 0.6 is 9.24 Å². The topological polar surface area (TPSA) is 109 Å². The number of likely N-dealkylation sites (tertiary alicyclic amines) is 1. The number of anilines is 1. The second kappa shape index (κ2) is 19.1. The summed E-state index contributed by atoms with van der Waals surface area (Å²) >= 11 is 0. The van der Waals surface area contributed by atoms with E-state index in [2.05, 4.69) is 44.5 Å². The molecule has 1 amide bonds. The van der Waals surface area contributed by atoms with Crippen LogP contribution in [-0.4, -0.2) is 105 Å². The number of rotatable bonds is 12. The Balaban J connectivity index is 0.000000236. The van der Waals surface area contributed by atoms with Crippen molar-refractivity contribution < 1.29 is 41.7 Å². The largest absolute Gasteiger partial charge is 0.496 e. The van der Waals surface area contributed by atoms with E-state index < -0.39 is 30.4 Å². The fourth-order valence-corrected chi connectivity index (χ4v) is 7.83. The van der Waals surface area contributed by atoms with Gasteiger partial charge in [-0.1, -0.05) is 36.4 Å². The minimum atomic E-state index is -4.21. The second-order valence-corrected chi connectivity index (χ2v) is 15.3. The molecule has 4 aromatic carbocycles. The van der Waals surface area contributed by atoms with Crippen molar-refractivity contribution in [2.24, 2.45) is 5.73 Å². The van der Waals surface area contributed by atoms with Crippen molar-refractivity contribution >= 4 is 37.6 Å². The first-order valence-corrected chi connectivity index (χ1v) is 19.4. The SMILES string of the molecule is COc1cc(CCN2CCC(P)CC2)cc(OC)c1-c1cccc2c(CCC(=O)O)cccc12.Cc1cc(N2CCN(CC(F)(F)F)CC2)cc(F)c1C(N)=O. The van der Waals surface area contributed by atoms with Gasteiger partial charge in [0.15, 0.2) is 0 Å². The number of hydrogen-bond donors (Lipinski definition) is 2. The zero-order valence-electron chi connectivity index (χ0n) is 32.1. The molecule has 0 aliphatic carbocycles. The van der Waals surface area contributed by atoms with Crippen molar-refractivity contribution in [1.29, 1.82) is 0 Å². The third-order valence-corrected chi connectivity index (χ3v) is 11.1. The molecule has 2 fully saturated rings. The first-order valence-electron chi connectivity index (χ1n) is 18.8. The molecule has 4 aromatic rings. The number of primary amides is 1. The zero-order chi connectivity index (χ0) is 40.6. The van der Waals surface area contributed by atoms with Crippen LogP contribution in [0, 0.1) is 12.7 Å². The van der Waals surface area contributed by atoms with Crippen molar-refractivity contribution in [2.75, 3.05) is 71.5 Å². The summed E-state index contributed by atoms with van der Waals surface area (Å²) in [5.41, 5.74) is 10.9. The van der Waals surface area contributed by atoms with E-state index in [4.69, 9.17) is 20.3 Å². The molecule has 56 heavy (non-hydrogen) atoms. The van der Waals surface area contributed by atoms with Gasteiger partial charge in [-0.15, -0.1) is 9.24 Å². The molecular formula is C42H51F4N4O5P. The standard InChI is InChI=1S/C28H34NO4P.C14H17F4N3O/c1-32-25-17-19(11-14-29-15-12-21(34)13-16-29)18-26(33-2)28(25)24-8-4-6-22-20(9-10-27(30)31)5-3-7-23(22)24;1-9-6-10(7-11(15)12(9)13(19)22)21-4-2-20(3-5-21)8-14(16,17)18/h3-8,17-18,21H,9-16,34H2,1-2H3,(H,30,31);6-7H,2-5,8H2,1H3,(H2,19,22). The number of carbonyl (C=O) groups excluding carboxylic acids is 1. The highest BCUT2D eigenvalue weighted by atomic mass is 31.0. The maximum absolute atomic E-state index is 13.9. The summed E-state index contributed by atoms with van der Waals surface area (Å²) in [4.78, 5) is 27.9. The normalized spacial score (nSPS) is 15.7. The van der Waals surface area contributed by atoms with Crippen LogP contribution in [0.15, 0.2) is 60.7 Å². The maximum atomic E-state index is 13.9. The highest BCUT2D eigenvalue weighted by Crippen LogP contribution is 2.43. The third-order valence-electron chi connectivity index (χ3n) is 10.5. The van der Waals surface area contributed by atoms with Crippen molar-refractivity contribution in [2.45, 2.75) is 50.9 Å². The highest BCUT2D eigenvalue weighted by molar-refractivity contribution is 7.17. The minimum Gasteiger partial charge on any atom is -0.496 e. The van der Waals surface area contributed by atoms with E-state index in [0.29, 0.717) is 30.8 Å². The summed E-state index contributed by atoms with van der Waals surface area (Å²) in [6.07, 6.45) is -0.175. The summed E-state index contributed by atoms with van der Waals surface area (Å²) < 4.78 is 62.7. The van der Waals surface area contributed by atoms with Crippen LogP contribution in [0.4, 0.5) is 23.2 Å². The molecule has 0 aromatic heterocycles. The Labute approximate surface area is 327 Å². The molecular weight excluding hydrogens is 747 g/mol. The number of benzene rings is 4. The van der Waals surface area contributed by atoms with Gasteiger partial charge in [0, 0.05) is 44.8 Å². The number of aliphatic carboxylic acids is 1. The Hall–Kier alpha value is -4.45. The number of aryl methyl sites for hydroxylation is 2. The number of fused-ring (bicyclic) bond motifs is 1. The highest BCUT2D eigenvalue weighted by Gasteiger charge is 2.32. The lowest BCUT2D eigenvalue weighted by Crippen LogP contribution is -2.49. The molecule has 2 saturated heterocycles. The number of piperidine rings is 1. The van der Waals surface area contributed by atoms with Crippen LogP contribution in [-0.2, 0) is 17.6 Å². The number of halogens is 4. The van der Waals surface area contributed by atoms with Crippen molar-refractivity contribution in [1.82, 2.24) is 9.80 Å². The number of amides is 1. The van der Waals surface area contributed by atoms with E-state index in [9.17, 15) is 27.2 Å². The van der Waals surface area contributed by atoms with E-state index >= 15 is 0 Å². The van der Waals surface area contributed by atoms with Crippen LogP contribution in [0.25, 0.3) is 21.9 Å². The Kier molecular flexibility index (Phi) is 14.6. The number of nitrogens with two attached hydrogens (primary N) is 1. The van der Waals surface area contributed by atoms with Crippen LogP contribution in [0.1, 0.15) is 46.3 Å². The first kappa shape index (κ1) is 42.7. The predicted molar refractivity (Wildman–Crippen MR) is 216 cm³/mol. The van der Waals surface area contributed by atoms with Gasteiger partial charge < -0.3 is 30.1 Å². The van der Waals surface area contributed by atoms with Crippen LogP contribution in [0.3, 0.4) is 0 Å². The second-order valence-electron chi connectivity index (χ2n) is 14.4. The monoisotopic (exact) mass is 798 g/mol. The molecule has 3 N–H and O–H groups in total. The van der Waals surface area contributed by atoms with Gasteiger partial charge in [0.2, 0.25) is 0 Å². The van der Waals surface area contributed by atoms with Gasteiger partial charge in [0.1, 0.15) is 17.3 Å². The van der Waals surface area contributed by atoms with Gasteiger partial charge in [-0.05, 0) is 109 Å². The first-order chi connectivity index (χ1) is 26.7. The molecule has 302 valence electrons. The Morgan fingerprint density at radius 2 is 1.50 bits per heavy atom. The number of methoxy groups -OCH3 is 2. The molecule has 2 heterocycles. The van der Waals surface area contributed by atoms with E-state index in [-0.39, 0.29) is 25.1 Å². The number of nitrogens with zero attached hydrogens (tertiary/aromatic N) is 3. The zero-order valence-corrected chi connectivity index (χ0v) is 33.3. The summed E-state index contributed by atoms with van der Waals surface area (Å²) in [5, 5.41) is 11.3. The van der Waals surface area contributed by atoms with Gasteiger partial charge in [-0.25, -0.2) is 4.39 Å². The average Bonchev–Trinajstić information content (AvgIpc) is 3.15. The van der Waals surface area contributed by atoms with E-state index in [1.54, 1.807) is 32.1 Å². The summed E-state index contributed by atoms with van der Waals surface area (Å²) in [6.45, 7) is 5.21. The van der Waals surface area contributed by atoms with Crippen molar-refractivity contribution in [3.8, 4) is 22.6 Å². The molecule has 0 radical (unpaired) electrons. The van der Waals surface area contributed by atoms with E-state index in [1.165, 1.54) is 29.4 Å². The lowest BCUT2D eigenvalue weighted by Gasteiger charge is -2.36. The molecule has 0 saturated carbocycles. The van der Waals surface area contributed by atoms with Crippen molar-refractivity contribution in [3.05, 3.63) is 88.7 Å². The van der Waals surface area contributed by atoms with Gasteiger partial charge in [-0.2, -0.15) is 13.2 Å². The molecule has 2 aliphatic heterocycles. The predicted octanol–water partition coefficient (Wildman–Crippen LogP) is 7.34. The smallest absolute Gasteiger partial charge is 0.401 e. The molecule has 1 atom stereocenters. The van der Waals surface area contributed by atoms with Gasteiger partial charge in [-0.3, -0.25) is 14.5 Å². The van der Waals surface area contributed by atoms with Crippen LogP contribution in [0.5, 0.6) is 11.5 Å². The van der Waals surface area contributed by atoms with Gasteiger partial charge >= 0.3 is 12.1 Å². The number of hydrogen-bond acceptors (Lipinski definition) is 7. The third kappa shape index (κ3) is 11.1. The fraction of sp³-hybridized carbons (Fsp3) is 0.429. The molecule has 1 unspecified atom stereocenters. The lowest BCUT2D eigenvalue weighted by molar-refractivity contribution is -0.146. The van der Waals surface area contributed by atoms with Crippen LogP contribution in [0.2, 0.25) is 0 Å². The summed E-state index contributed by atoms with van der Waals surface area (Å²) in [5.74, 6) is -0.746. The number of carboxylic acids is 1. The van der Waals surface area contributed by atoms with Gasteiger partial charge in [0.05, 0.1) is 31.9 Å². The maximum Gasteiger partial charge on any atom is 0.401 e. The van der Waals surface area contributed by atoms with Crippen molar-refractivity contribution in [3.63, 3.8) is 0 Å². The average molecular weight is 799 g/mol. The number of piperazine rings is 1. The fourth-order valence-electron chi connectivity index (χ4n) is 7.53. The van der Waals surface area contributed by atoms with E-state index in [1.807, 2.05) is 18.2 Å². The Morgan fingerprint density at radius 1 is 0.875 bits per heavy atom. The number of carboxylic acid groups (broad SMARTS) is 1. The molecule has 2 aliphatic rings. The Morgan fingerprint density at radius 3 is 2.07 bits per heavy atom. The molecule has 9 nitrogen and oxygen atoms in total. The molecule has 14 heteroatoms. The van der Waals surface area contributed by atoms with E-state index in [0.717, 1.165) is 70.7 Å². The molecule has 6 rings (SSSR count). The minimum absolute atomic E-state index is 0.111. The number of alkyl halides is 3. The Bertz CT molecular complexity index is 1950. The van der Waals surface area contributed by atoms with Gasteiger partial charge in [0.25, 0.3) is 5.91 Å². The van der Waals surface area contributed by atoms with Crippen LogP contribution < -0.4 is 20.1 Å². The number of carbonyl (C=O) groups is 2. The summed E-state index contributed by atoms with van der Waals surface area (Å²) in [6, 6.07) is 19.3. The quantitative estimate of drug-likeness (QED) is 0.113. The molecule has 0 spiro atoms.